The molecule has 0 radical (unpaired) electrons. The summed E-state index contributed by atoms with van der Waals surface area (Å²) in [5.74, 6) is 4.17. The molecule has 0 spiro atoms. The minimum absolute atomic E-state index is 0.694. The van der Waals surface area contributed by atoms with Crippen LogP contribution in [0.1, 0.15) is 271 Å². The monoisotopic (exact) mass is 1210 g/mol. The van der Waals surface area contributed by atoms with E-state index in [1.54, 1.807) is 0 Å². The van der Waals surface area contributed by atoms with Crippen LogP contribution in [-0.2, 0) is 38.5 Å². The van der Waals surface area contributed by atoms with E-state index in [1.807, 2.05) is 0 Å². The fourth-order valence-corrected chi connectivity index (χ4v) is 15.0. The smallest absolute Gasteiger partial charge is 0.00139 e. The van der Waals surface area contributed by atoms with Gasteiger partial charge >= 0.3 is 0 Å². The Hall–Kier alpha value is -5.46. The average molecular weight is 1210 g/mol. The number of rotatable bonds is 42. The maximum absolute atomic E-state index is 2.53. The van der Waals surface area contributed by atoms with Crippen molar-refractivity contribution in [2.24, 2.45) is 35.5 Å². The largest absolute Gasteiger partial charge is 0.0654 e. The molecule has 0 bridgehead atoms. The molecule has 0 heterocycles. The van der Waals surface area contributed by atoms with Crippen LogP contribution in [0.25, 0.3) is 66.8 Å². The second-order valence-electron chi connectivity index (χ2n) is 28.2. The molecule has 0 amide bonds. The zero-order valence-electron chi connectivity index (χ0n) is 59.5. The van der Waals surface area contributed by atoms with Gasteiger partial charge in [0.05, 0.1) is 0 Å². The molecule has 0 N–H and O–H groups in total. The van der Waals surface area contributed by atoms with Crippen molar-refractivity contribution in [3.8, 4) is 66.8 Å². The van der Waals surface area contributed by atoms with Crippen molar-refractivity contribution >= 4 is 0 Å². The van der Waals surface area contributed by atoms with Gasteiger partial charge in [-0.2, -0.15) is 0 Å². The number of benzene rings is 7. The summed E-state index contributed by atoms with van der Waals surface area (Å²) in [6.45, 7) is 28.5. The first kappa shape index (κ1) is 72.0. The highest BCUT2D eigenvalue weighted by Gasteiger charge is 2.30. The van der Waals surface area contributed by atoms with E-state index in [9.17, 15) is 0 Å². The third-order valence-electron chi connectivity index (χ3n) is 21.4. The summed E-state index contributed by atoms with van der Waals surface area (Å²) in [6, 6.07) is 60.5. The molecule has 0 saturated carbocycles. The van der Waals surface area contributed by atoms with Gasteiger partial charge in [-0.1, -0.05) is 383 Å². The quantitative estimate of drug-likeness (QED) is 0.0358. The summed E-state index contributed by atoms with van der Waals surface area (Å²) in [4.78, 5) is 0. The van der Waals surface area contributed by atoms with Crippen LogP contribution in [-0.4, -0.2) is 0 Å². The molecule has 7 rings (SSSR count). The minimum Gasteiger partial charge on any atom is -0.0654 e. The Kier molecular flexibility index (Phi) is 31.3. The first-order valence-electron chi connectivity index (χ1n) is 37.9. The van der Waals surface area contributed by atoms with Crippen LogP contribution >= 0.6 is 0 Å². The second kappa shape index (κ2) is 39.2. The Labute approximate surface area is 553 Å². The maximum Gasteiger partial charge on any atom is -0.00139 e. The SMILES string of the molecule is CCCCC(CC)Cc1ccc(-c2c(-c3ccc(CC(CC)CCCC)cc3)c(-c3ccc(CC(CC)CCCC)cc3)c(-c3ccc(CC(CC)CCCC)cc3)c(-c3ccc(CC(CC)CCCC)cc3)c2-c2ccc(CC(CC)CCCC)cc2)cc1. The standard InChI is InChI=1S/C90H126/c1-13-25-31-67(19-7)61-73-37-49-79(50-38-73)85-86(80-51-39-74(40-52-80)62-68(20-8)32-26-14-2)88(82-55-43-76(44-56-82)64-70(22-10)34-28-16-4)90(84-59-47-78(48-60-84)66-72(24-12)36-30-18-6)89(83-57-45-77(46-58-83)65-71(23-11)35-29-17-5)87(85)81-53-41-75(42-54-81)63-69(21-9)33-27-15-3/h37-60,67-72H,13-36,61-66H2,1-12H3. The van der Waals surface area contributed by atoms with Gasteiger partial charge in [-0.25, -0.2) is 0 Å². The molecular formula is C90H126. The van der Waals surface area contributed by atoms with Crippen LogP contribution in [0.3, 0.4) is 0 Å². The van der Waals surface area contributed by atoms with Gasteiger partial charge < -0.3 is 0 Å². The molecule has 6 atom stereocenters. The summed E-state index contributed by atoms with van der Waals surface area (Å²) in [5.41, 5.74) is 24.6. The fourth-order valence-electron chi connectivity index (χ4n) is 15.0. The van der Waals surface area contributed by atoms with Crippen molar-refractivity contribution in [3.63, 3.8) is 0 Å². The van der Waals surface area contributed by atoms with Gasteiger partial charge in [0.2, 0.25) is 0 Å². The van der Waals surface area contributed by atoms with Crippen molar-refractivity contribution in [2.45, 2.75) is 276 Å². The van der Waals surface area contributed by atoms with Crippen LogP contribution in [0.4, 0.5) is 0 Å². The van der Waals surface area contributed by atoms with Gasteiger partial charge in [0.1, 0.15) is 0 Å². The number of unbranched alkanes of at least 4 members (excludes halogenated alkanes) is 6. The molecule has 7 aromatic rings. The highest BCUT2D eigenvalue weighted by Crippen LogP contribution is 2.56. The van der Waals surface area contributed by atoms with Gasteiger partial charge in [-0.3, -0.25) is 0 Å². The van der Waals surface area contributed by atoms with Gasteiger partial charge in [0, 0.05) is 0 Å². The zero-order valence-corrected chi connectivity index (χ0v) is 59.5. The maximum atomic E-state index is 2.53. The van der Waals surface area contributed by atoms with E-state index in [0.717, 1.165) is 38.5 Å². The fraction of sp³-hybridized carbons (Fsp3) is 0.533. The van der Waals surface area contributed by atoms with Crippen LogP contribution in [0.2, 0.25) is 0 Å². The van der Waals surface area contributed by atoms with Crippen molar-refractivity contribution in [3.05, 3.63) is 179 Å². The first-order valence-corrected chi connectivity index (χ1v) is 37.9. The van der Waals surface area contributed by atoms with E-state index < -0.39 is 0 Å². The third-order valence-corrected chi connectivity index (χ3v) is 21.4. The van der Waals surface area contributed by atoms with Crippen molar-refractivity contribution in [1.82, 2.24) is 0 Å². The van der Waals surface area contributed by atoms with Crippen LogP contribution < -0.4 is 0 Å². The summed E-state index contributed by atoms with van der Waals surface area (Å²) < 4.78 is 0. The molecule has 6 unspecified atom stereocenters. The number of hydrogen-bond acceptors (Lipinski definition) is 0. The molecule has 90 heavy (non-hydrogen) atoms. The lowest BCUT2D eigenvalue weighted by Gasteiger charge is -2.29. The highest BCUT2D eigenvalue weighted by molar-refractivity contribution is 6.15. The summed E-state index contributed by atoms with van der Waals surface area (Å²) in [5, 5.41) is 0. The molecule has 0 saturated heterocycles. The van der Waals surface area contributed by atoms with E-state index in [1.165, 1.54) is 254 Å². The minimum atomic E-state index is 0.694. The van der Waals surface area contributed by atoms with Gasteiger partial charge in [-0.05, 0) is 174 Å². The topological polar surface area (TPSA) is 0 Å². The third kappa shape index (κ3) is 20.8. The van der Waals surface area contributed by atoms with E-state index in [2.05, 4.69) is 229 Å². The molecule has 0 aliphatic rings. The lowest BCUT2D eigenvalue weighted by atomic mass is 9.73. The Morgan fingerprint density at radius 2 is 0.300 bits per heavy atom. The predicted molar refractivity (Wildman–Crippen MR) is 401 cm³/mol. The van der Waals surface area contributed by atoms with Crippen LogP contribution in [0.5, 0.6) is 0 Å². The van der Waals surface area contributed by atoms with Gasteiger partial charge in [0.15, 0.2) is 0 Å². The van der Waals surface area contributed by atoms with E-state index >= 15 is 0 Å². The highest BCUT2D eigenvalue weighted by atomic mass is 14.3. The lowest BCUT2D eigenvalue weighted by molar-refractivity contribution is 0.449. The molecule has 486 valence electrons. The lowest BCUT2D eigenvalue weighted by Crippen LogP contribution is -2.06. The number of hydrogen-bond donors (Lipinski definition) is 0. The Morgan fingerprint density at radius 1 is 0.178 bits per heavy atom. The Morgan fingerprint density at radius 3 is 0.400 bits per heavy atom. The Balaban J connectivity index is 1.66. The van der Waals surface area contributed by atoms with Crippen LogP contribution in [0, 0.1) is 35.5 Å². The molecule has 0 aliphatic heterocycles. The van der Waals surface area contributed by atoms with Crippen molar-refractivity contribution in [1.29, 1.82) is 0 Å². The Bertz CT molecular complexity index is 2490. The molecule has 0 aliphatic carbocycles. The zero-order chi connectivity index (χ0) is 64.0. The summed E-state index contributed by atoms with van der Waals surface area (Å²) >= 11 is 0. The van der Waals surface area contributed by atoms with Crippen LogP contribution in [0.15, 0.2) is 146 Å². The summed E-state index contributed by atoms with van der Waals surface area (Å²) in [7, 11) is 0. The first-order chi connectivity index (χ1) is 44.1. The molecule has 7 aromatic carbocycles. The normalized spacial score (nSPS) is 13.7. The second-order valence-corrected chi connectivity index (χ2v) is 28.2. The van der Waals surface area contributed by atoms with E-state index in [4.69, 9.17) is 0 Å². The average Bonchev–Trinajstić information content (AvgIpc) is 0.719. The molecule has 0 heteroatoms. The molecule has 0 nitrogen and oxygen atoms in total. The van der Waals surface area contributed by atoms with Crippen molar-refractivity contribution < 1.29 is 0 Å². The van der Waals surface area contributed by atoms with E-state index in [0.29, 0.717) is 35.5 Å². The van der Waals surface area contributed by atoms with Crippen molar-refractivity contribution in [2.75, 3.05) is 0 Å². The molecule has 0 fully saturated rings. The molecular weight excluding hydrogens is 1080 g/mol. The van der Waals surface area contributed by atoms with E-state index in [-0.39, 0.29) is 0 Å². The van der Waals surface area contributed by atoms with Gasteiger partial charge in [0.25, 0.3) is 0 Å². The predicted octanol–water partition coefficient (Wildman–Crippen LogP) is 28.2. The van der Waals surface area contributed by atoms with Gasteiger partial charge in [-0.15, -0.1) is 0 Å². The summed E-state index contributed by atoms with van der Waals surface area (Å²) in [6.07, 6.45) is 37.2. The molecule has 0 aromatic heterocycles.